The quantitative estimate of drug-likeness (QED) is 0.619. The number of rotatable bonds is 2. The third kappa shape index (κ3) is 2.07. The summed E-state index contributed by atoms with van der Waals surface area (Å²) in [6.07, 6.45) is 5.70. The first kappa shape index (κ1) is 8.31. The molecule has 0 fully saturated rings. The first-order chi connectivity index (χ1) is 5.24. The Morgan fingerprint density at radius 3 is 2.91 bits per heavy atom. The summed E-state index contributed by atoms with van der Waals surface area (Å²) in [5.41, 5.74) is 1.42. The number of carboxylic acid groups (broad SMARTS) is 1. The highest BCUT2D eigenvalue weighted by atomic mass is 16.4. The lowest BCUT2D eigenvalue weighted by molar-refractivity contribution is -0.141. The highest BCUT2D eigenvalue weighted by Gasteiger charge is 2.19. The average Bonchev–Trinajstić information content (AvgIpc) is 2.05. The van der Waals surface area contributed by atoms with Crippen LogP contribution in [0.1, 0.15) is 32.6 Å². The number of hydrogen-bond donors (Lipinski definition) is 1. The van der Waals surface area contributed by atoms with Gasteiger partial charge in [-0.2, -0.15) is 0 Å². The van der Waals surface area contributed by atoms with Gasteiger partial charge in [-0.05, 0) is 25.7 Å². The average molecular weight is 154 g/mol. The van der Waals surface area contributed by atoms with E-state index in [0.717, 1.165) is 25.7 Å². The van der Waals surface area contributed by atoms with Gasteiger partial charge in [0, 0.05) is 0 Å². The standard InChI is InChI=1S/C9H14O2/c1-2-7-3-5-8(6-4-7)9(10)11/h3,8H,2,4-6H2,1H3,(H,10,11). The largest absolute Gasteiger partial charge is 0.481 e. The fourth-order valence-electron chi connectivity index (χ4n) is 1.43. The van der Waals surface area contributed by atoms with E-state index in [9.17, 15) is 4.79 Å². The van der Waals surface area contributed by atoms with Crippen LogP contribution < -0.4 is 0 Å². The molecule has 2 nitrogen and oxygen atoms in total. The van der Waals surface area contributed by atoms with Crippen LogP contribution in [0.15, 0.2) is 11.6 Å². The van der Waals surface area contributed by atoms with E-state index in [4.69, 9.17) is 5.11 Å². The highest BCUT2D eigenvalue weighted by Crippen LogP contribution is 2.24. The van der Waals surface area contributed by atoms with E-state index in [0.29, 0.717) is 0 Å². The van der Waals surface area contributed by atoms with Crippen molar-refractivity contribution in [3.8, 4) is 0 Å². The molecule has 11 heavy (non-hydrogen) atoms. The lowest BCUT2D eigenvalue weighted by Crippen LogP contribution is -2.15. The Kier molecular flexibility index (Phi) is 2.69. The Bertz CT molecular complexity index is 182. The van der Waals surface area contributed by atoms with Crippen LogP contribution in [-0.4, -0.2) is 11.1 Å². The van der Waals surface area contributed by atoms with Crippen LogP contribution >= 0.6 is 0 Å². The molecule has 0 saturated heterocycles. The van der Waals surface area contributed by atoms with Crippen LogP contribution in [0.4, 0.5) is 0 Å². The van der Waals surface area contributed by atoms with Crippen LogP contribution in [0.5, 0.6) is 0 Å². The van der Waals surface area contributed by atoms with E-state index in [1.54, 1.807) is 0 Å². The molecule has 0 saturated carbocycles. The van der Waals surface area contributed by atoms with E-state index in [-0.39, 0.29) is 5.92 Å². The topological polar surface area (TPSA) is 37.3 Å². The minimum Gasteiger partial charge on any atom is -0.481 e. The summed E-state index contributed by atoms with van der Waals surface area (Å²) in [4.78, 5) is 10.5. The summed E-state index contributed by atoms with van der Waals surface area (Å²) in [5, 5.41) is 8.67. The van der Waals surface area contributed by atoms with Gasteiger partial charge in [0.05, 0.1) is 5.92 Å². The van der Waals surface area contributed by atoms with Crippen LogP contribution in [0.2, 0.25) is 0 Å². The predicted molar refractivity (Wildman–Crippen MR) is 43.4 cm³/mol. The maximum absolute atomic E-state index is 10.5. The van der Waals surface area contributed by atoms with Gasteiger partial charge in [0.1, 0.15) is 0 Å². The van der Waals surface area contributed by atoms with Crippen LogP contribution in [0, 0.1) is 5.92 Å². The molecule has 1 aliphatic rings. The van der Waals surface area contributed by atoms with Crippen molar-refractivity contribution in [3.63, 3.8) is 0 Å². The number of carbonyl (C=O) groups is 1. The monoisotopic (exact) mass is 154 g/mol. The van der Waals surface area contributed by atoms with Crippen molar-refractivity contribution in [2.24, 2.45) is 5.92 Å². The van der Waals surface area contributed by atoms with Crippen molar-refractivity contribution in [2.75, 3.05) is 0 Å². The van der Waals surface area contributed by atoms with E-state index in [2.05, 4.69) is 13.0 Å². The zero-order chi connectivity index (χ0) is 8.27. The molecule has 1 N–H and O–H groups in total. The van der Waals surface area contributed by atoms with Crippen LogP contribution in [0.25, 0.3) is 0 Å². The predicted octanol–water partition coefficient (Wildman–Crippen LogP) is 2.21. The van der Waals surface area contributed by atoms with Gasteiger partial charge in [-0.25, -0.2) is 0 Å². The van der Waals surface area contributed by atoms with Gasteiger partial charge in [-0.3, -0.25) is 4.79 Å². The second-order valence-corrected chi connectivity index (χ2v) is 3.03. The molecule has 0 bridgehead atoms. The number of aliphatic carboxylic acids is 1. The molecule has 2 heteroatoms. The second kappa shape index (κ2) is 3.56. The molecule has 0 aromatic rings. The molecule has 62 valence electrons. The van der Waals surface area contributed by atoms with Gasteiger partial charge in [0.2, 0.25) is 0 Å². The SMILES string of the molecule is CCC1=CCC(C(=O)O)CC1. The Hall–Kier alpha value is -0.790. The lowest BCUT2D eigenvalue weighted by atomic mass is 9.89. The Morgan fingerprint density at radius 2 is 2.55 bits per heavy atom. The van der Waals surface area contributed by atoms with Gasteiger partial charge in [-0.15, -0.1) is 0 Å². The van der Waals surface area contributed by atoms with Crippen LogP contribution in [0.3, 0.4) is 0 Å². The fraction of sp³-hybridized carbons (Fsp3) is 0.667. The number of allylic oxidation sites excluding steroid dienone is 2. The molecule has 1 unspecified atom stereocenters. The zero-order valence-electron chi connectivity index (χ0n) is 6.84. The van der Waals surface area contributed by atoms with E-state index in [1.807, 2.05) is 0 Å². The fourth-order valence-corrected chi connectivity index (χ4v) is 1.43. The minimum atomic E-state index is -0.642. The van der Waals surface area contributed by atoms with Gasteiger partial charge in [0.15, 0.2) is 0 Å². The molecule has 0 aliphatic heterocycles. The van der Waals surface area contributed by atoms with Crippen molar-refractivity contribution >= 4 is 5.97 Å². The maximum atomic E-state index is 10.5. The van der Waals surface area contributed by atoms with Crippen molar-refractivity contribution in [3.05, 3.63) is 11.6 Å². The molecular formula is C9H14O2. The molecule has 0 radical (unpaired) electrons. The van der Waals surface area contributed by atoms with Gasteiger partial charge >= 0.3 is 5.97 Å². The molecule has 1 atom stereocenters. The van der Waals surface area contributed by atoms with Crippen LogP contribution in [-0.2, 0) is 4.79 Å². The molecule has 1 rings (SSSR count). The smallest absolute Gasteiger partial charge is 0.306 e. The van der Waals surface area contributed by atoms with Crippen molar-refractivity contribution < 1.29 is 9.90 Å². The summed E-state index contributed by atoms with van der Waals surface area (Å²) in [7, 11) is 0. The second-order valence-electron chi connectivity index (χ2n) is 3.03. The molecule has 0 aromatic carbocycles. The first-order valence-corrected chi connectivity index (χ1v) is 4.14. The molecular weight excluding hydrogens is 140 g/mol. The summed E-state index contributed by atoms with van der Waals surface area (Å²) >= 11 is 0. The third-order valence-electron chi connectivity index (χ3n) is 2.31. The Balaban J connectivity index is 2.47. The summed E-state index contributed by atoms with van der Waals surface area (Å²) in [6.45, 7) is 2.12. The Labute approximate surface area is 66.9 Å². The molecule has 0 heterocycles. The van der Waals surface area contributed by atoms with Crippen molar-refractivity contribution in [1.29, 1.82) is 0 Å². The molecule has 1 aliphatic carbocycles. The minimum absolute atomic E-state index is 0.120. The normalized spacial score (nSPS) is 24.5. The van der Waals surface area contributed by atoms with Gasteiger partial charge in [-0.1, -0.05) is 18.6 Å². The third-order valence-corrected chi connectivity index (χ3v) is 2.31. The number of carboxylic acids is 1. The van der Waals surface area contributed by atoms with Crippen molar-refractivity contribution in [2.45, 2.75) is 32.6 Å². The summed E-state index contributed by atoms with van der Waals surface area (Å²) in [6, 6.07) is 0. The van der Waals surface area contributed by atoms with Crippen molar-refractivity contribution in [1.82, 2.24) is 0 Å². The summed E-state index contributed by atoms with van der Waals surface area (Å²) < 4.78 is 0. The Morgan fingerprint density at radius 1 is 1.82 bits per heavy atom. The molecule has 0 amide bonds. The number of hydrogen-bond acceptors (Lipinski definition) is 1. The summed E-state index contributed by atoms with van der Waals surface area (Å²) in [5.74, 6) is -0.762. The maximum Gasteiger partial charge on any atom is 0.306 e. The van der Waals surface area contributed by atoms with E-state index >= 15 is 0 Å². The van der Waals surface area contributed by atoms with Gasteiger partial charge < -0.3 is 5.11 Å². The van der Waals surface area contributed by atoms with E-state index in [1.165, 1.54) is 5.57 Å². The zero-order valence-corrected chi connectivity index (χ0v) is 6.84. The lowest BCUT2D eigenvalue weighted by Gasteiger charge is -2.17. The molecule has 0 aromatic heterocycles. The first-order valence-electron chi connectivity index (χ1n) is 4.14. The highest BCUT2D eigenvalue weighted by molar-refractivity contribution is 5.70. The van der Waals surface area contributed by atoms with E-state index < -0.39 is 5.97 Å². The molecule has 0 spiro atoms. The van der Waals surface area contributed by atoms with Gasteiger partial charge in [0.25, 0.3) is 0 Å².